The molecule has 1 aliphatic heterocycles. The maximum Gasteiger partial charge on any atom is 0.325 e. The van der Waals surface area contributed by atoms with Crippen molar-refractivity contribution in [3.63, 3.8) is 0 Å². The maximum atomic E-state index is 12.8. The molecule has 0 unspecified atom stereocenters. The van der Waals surface area contributed by atoms with E-state index in [9.17, 15) is 9.59 Å². The van der Waals surface area contributed by atoms with Crippen molar-refractivity contribution in [2.75, 3.05) is 31.6 Å². The largest absolute Gasteiger partial charge is 0.379 e. The quantitative estimate of drug-likeness (QED) is 0.409. The van der Waals surface area contributed by atoms with E-state index in [1.54, 1.807) is 6.92 Å². The first-order chi connectivity index (χ1) is 16.4. The average Bonchev–Trinajstić information content (AvgIpc) is 2.81. The number of imide groups is 1. The second-order valence-electron chi connectivity index (χ2n) is 8.37. The fraction of sp³-hybridized carbons (Fsp3) is 0.360. The van der Waals surface area contributed by atoms with Gasteiger partial charge in [-0.3, -0.25) is 15.0 Å². The van der Waals surface area contributed by atoms with Gasteiger partial charge in [0.2, 0.25) is 5.91 Å². The number of aryl methyl sites for hydroxylation is 2. The van der Waals surface area contributed by atoms with E-state index in [0.717, 1.165) is 40.1 Å². The van der Waals surface area contributed by atoms with Gasteiger partial charge in [-0.05, 0) is 38.5 Å². The van der Waals surface area contributed by atoms with Crippen molar-refractivity contribution in [1.29, 1.82) is 0 Å². The summed E-state index contributed by atoms with van der Waals surface area (Å²) in [6, 6.07) is 12.9. The number of amides is 3. The Morgan fingerprint density at radius 2 is 1.88 bits per heavy atom. The minimum absolute atomic E-state index is 0.385. The van der Waals surface area contributed by atoms with Crippen molar-refractivity contribution in [2.45, 2.75) is 37.6 Å². The molecule has 8 nitrogen and oxygen atoms in total. The van der Waals surface area contributed by atoms with Crippen LogP contribution in [0.5, 0.6) is 0 Å². The Morgan fingerprint density at radius 1 is 1.12 bits per heavy atom. The van der Waals surface area contributed by atoms with Crippen molar-refractivity contribution in [2.24, 2.45) is 0 Å². The number of carbonyl (C=O) groups excluding carboxylic acids is 2. The molecule has 1 aromatic heterocycles. The summed E-state index contributed by atoms with van der Waals surface area (Å²) in [4.78, 5) is 36.9. The first-order valence-corrected chi connectivity index (χ1v) is 12.2. The molecule has 0 spiro atoms. The van der Waals surface area contributed by atoms with Crippen LogP contribution in [0.4, 0.5) is 10.5 Å². The Labute approximate surface area is 203 Å². The van der Waals surface area contributed by atoms with Crippen molar-refractivity contribution in [3.05, 3.63) is 59.4 Å². The van der Waals surface area contributed by atoms with Crippen LogP contribution in [0.25, 0.3) is 10.9 Å². The average molecular weight is 480 g/mol. The Balaban J connectivity index is 1.45. The summed E-state index contributed by atoms with van der Waals surface area (Å²) in [5.41, 5.74) is 3.55. The Hall–Kier alpha value is -3.01. The van der Waals surface area contributed by atoms with Crippen LogP contribution in [0.15, 0.2) is 47.5 Å². The van der Waals surface area contributed by atoms with E-state index in [0.29, 0.717) is 31.3 Å². The number of nitrogens with one attached hydrogen (secondary N) is 2. The number of aromatic nitrogens is 2. The van der Waals surface area contributed by atoms with E-state index in [4.69, 9.17) is 14.7 Å². The molecule has 2 N–H and O–H groups in total. The number of rotatable bonds is 6. The number of hydrogen-bond acceptors (Lipinski definition) is 7. The third kappa shape index (κ3) is 6.11. The molecule has 178 valence electrons. The Kier molecular flexibility index (Phi) is 7.77. The maximum absolute atomic E-state index is 12.8. The number of morpholine rings is 1. The highest BCUT2D eigenvalue weighted by Gasteiger charge is 2.21. The SMILES string of the molecule is Cc1ccc(NC(=O)NC(=O)[C@@H](C)Sc2nc(CN3CCOCC3)nc3ccccc23)c(C)c1. The van der Waals surface area contributed by atoms with E-state index in [1.165, 1.54) is 11.8 Å². The minimum atomic E-state index is -0.551. The van der Waals surface area contributed by atoms with Gasteiger partial charge in [-0.15, -0.1) is 0 Å². The number of anilines is 1. The highest BCUT2D eigenvalue weighted by atomic mass is 32.2. The molecule has 1 fully saturated rings. The van der Waals surface area contributed by atoms with Gasteiger partial charge in [-0.25, -0.2) is 14.8 Å². The summed E-state index contributed by atoms with van der Waals surface area (Å²) in [7, 11) is 0. The molecule has 0 saturated carbocycles. The molecule has 0 radical (unpaired) electrons. The number of benzene rings is 2. The number of hydrogen-bond donors (Lipinski definition) is 2. The minimum Gasteiger partial charge on any atom is -0.379 e. The van der Waals surface area contributed by atoms with E-state index < -0.39 is 11.3 Å². The van der Waals surface area contributed by atoms with Gasteiger partial charge in [0.25, 0.3) is 0 Å². The summed E-state index contributed by atoms with van der Waals surface area (Å²) in [5, 5.41) is 6.28. The van der Waals surface area contributed by atoms with E-state index in [1.807, 2.05) is 56.3 Å². The zero-order valence-electron chi connectivity index (χ0n) is 19.6. The molecular weight excluding hydrogens is 450 g/mol. The first-order valence-electron chi connectivity index (χ1n) is 11.3. The third-order valence-electron chi connectivity index (χ3n) is 5.61. The summed E-state index contributed by atoms with van der Waals surface area (Å²) in [6.07, 6.45) is 0. The van der Waals surface area contributed by atoms with Crippen molar-refractivity contribution in [3.8, 4) is 0 Å². The standard InChI is InChI=1S/C25H29N5O3S/c1-16-8-9-20(17(2)14-16)27-25(32)29-23(31)18(3)34-24-19-6-4-5-7-21(19)26-22(28-24)15-30-10-12-33-13-11-30/h4-9,14,18H,10-13,15H2,1-3H3,(H2,27,29,31,32)/t18-/m1/s1. The predicted molar refractivity (Wildman–Crippen MR) is 134 cm³/mol. The molecule has 34 heavy (non-hydrogen) atoms. The second-order valence-corrected chi connectivity index (χ2v) is 9.70. The third-order valence-corrected chi connectivity index (χ3v) is 6.71. The smallest absolute Gasteiger partial charge is 0.325 e. The van der Waals surface area contributed by atoms with Crippen LogP contribution in [-0.4, -0.2) is 58.4 Å². The molecule has 4 rings (SSSR count). The van der Waals surface area contributed by atoms with Crippen LogP contribution in [0.1, 0.15) is 23.9 Å². The van der Waals surface area contributed by atoms with Crippen molar-refractivity contribution >= 4 is 40.3 Å². The van der Waals surface area contributed by atoms with Gasteiger partial charge in [0, 0.05) is 24.2 Å². The van der Waals surface area contributed by atoms with Crippen LogP contribution >= 0.6 is 11.8 Å². The lowest BCUT2D eigenvalue weighted by atomic mass is 10.1. The Morgan fingerprint density at radius 3 is 2.65 bits per heavy atom. The number of nitrogens with zero attached hydrogens (tertiary/aromatic N) is 3. The van der Waals surface area contributed by atoms with Crippen LogP contribution in [0.2, 0.25) is 0 Å². The molecule has 1 saturated heterocycles. The van der Waals surface area contributed by atoms with Gasteiger partial charge < -0.3 is 10.1 Å². The highest BCUT2D eigenvalue weighted by molar-refractivity contribution is 8.00. The topological polar surface area (TPSA) is 96.5 Å². The van der Waals surface area contributed by atoms with Crippen LogP contribution in [0.3, 0.4) is 0 Å². The summed E-state index contributed by atoms with van der Waals surface area (Å²) >= 11 is 1.32. The number of ether oxygens (including phenoxy) is 1. The van der Waals surface area contributed by atoms with Crippen LogP contribution < -0.4 is 10.6 Å². The van der Waals surface area contributed by atoms with Gasteiger partial charge in [0.15, 0.2) is 0 Å². The zero-order chi connectivity index (χ0) is 24.1. The van der Waals surface area contributed by atoms with Crippen LogP contribution in [0, 0.1) is 13.8 Å². The summed E-state index contributed by atoms with van der Waals surface area (Å²) < 4.78 is 5.43. The number of fused-ring (bicyclic) bond motifs is 1. The second kappa shape index (κ2) is 10.9. The molecule has 1 atom stereocenters. The fourth-order valence-corrected chi connectivity index (χ4v) is 4.71. The van der Waals surface area contributed by atoms with Gasteiger partial charge in [-0.2, -0.15) is 0 Å². The van der Waals surface area contributed by atoms with Crippen LogP contribution in [-0.2, 0) is 16.1 Å². The normalized spacial score (nSPS) is 15.1. The predicted octanol–water partition coefficient (Wildman–Crippen LogP) is 3.91. The monoisotopic (exact) mass is 479 g/mol. The highest BCUT2D eigenvalue weighted by Crippen LogP contribution is 2.29. The fourth-order valence-electron chi connectivity index (χ4n) is 3.76. The van der Waals surface area contributed by atoms with Gasteiger partial charge >= 0.3 is 6.03 Å². The molecule has 0 aliphatic carbocycles. The molecule has 3 aromatic rings. The lowest BCUT2D eigenvalue weighted by molar-refractivity contribution is -0.119. The molecule has 1 aliphatic rings. The number of thioether (sulfide) groups is 1. The molecular formula is C25H29N5O3S. The number of para-hydroxylation sites is 1. The summed E-state index contributed by atoms with van der Waals surface area (Å²) in [6.45, 7) is 9.39. The number of carbonyl (C=O) groups is 2. The van der Waals surface area contributed by atoms with E-state index in [2.05, 4.69) is 15.5 Å². The van der Waals surface area contributed by atoms with Gasteiger partial charge in [-0.1, -0.05) is 47.7 Å². The zero-order valence-corrected chi connectivity index (χ0v) is 20.4. The summed E-state index contributed by atoms with van der Waals surface area (Å²) in [5.74, 6) is 0.327. The molecule has 0 bridgehead atoms. The Bertz CT molecular complexity index is 1200. The van der Waals surface area contributed by atoms with Crippen molar-refractivity contribution in [1.82, 2.24) is 20.2 Å². The molecule has 2 heterocycles. The molecule has 2 aromatic carbocycles. The van der Waals surface area contributed by atoms with Gasteiger partial charge in [0.1, 0.15) is 10.9 Å². The molecule has 9 heteroatoms. The molecule has 3 amide bonds. The lowest BCUT2D eigenvalue weighted by Crippen LogP contribution is -2.39. The number of urea groups is 1. The van der Waals surface area contributed by atoms with Crippen molar-refractivity contribution < 1.29 is 14.3 Å². The first kappa shape index (κ1) is 24.1. The lowest BCUT2D eigenvalue weighted by Gasteiger charge is -2.26. The van der Waals surface area contributed by atoms with E-state index in [-0.39, 0.29) is 5.91 Å². The van der Waals surface area contributed by atoms with Gasteiger partial charge in [0.05, 0.1) is 30.5 Å². The van der Waals surface area contributed by atoms with E-state index >= 15 is 0 Å².